The van der Waals surface area contributed by atoms with E-state index in [2.05, 4.69) is 50.9 Å². The number of aryl methyl sites for hydroxylation is 1. The molecule has 2 N–H and O–H groups in total. The molecule has 0 spiro atoms. The lowest BCUT2D eigenvalue weighted by molar-refractivity contribution is 0.237. The van der Waals surface area contributed by atoms with Crippen LogP contribution in [0.5, 0.6) is 0 Å². The van der Waals surface area contributed by atoms with E-state index in [9.17, 15) is 4.79 Å². The topological polar surface area (TPSA) is 74.6 Å². The fraction of sp³-hybridized carbons (Fsp3) is 0.278. The molecule has 7 nitrogen and oxygen atoms in total. The van der Waals surface area contributed by atoms with Gasteiger partial charge in [0.1, 0.15) is 5.82 Å². The van der Waals surface area contributed by atoms with Crippen LogP contribution in [0.2, 0.25) is 0 Å². The maximum Gasteiger partial charge on any atom is 0.320 e. The van der Waals surface area contributed by atoms with Crippen molar-refractivity contribution in [2.24, 2.45) is 0 Å². The van der Waals surface area contributed by atoms with Gasteiger partial charge in [-0.3, -0.25) is 10.2 Å². The van der Waals surface area contributed by atoms with Crippen molar-refractivity contribution in [3.63, 3.8) is 0 Å². The van der Waals surface area contributed by atoms with Crippen LogP contribution < -0.4 is 10.6 Å². The maximum atomic E-state index is 12.3. The molecule has 25 heavy (non-hydrogen) atoms. The van der Waals surface area contributed by atoms with Crippen molar-refractivity contribution in [2.45, 2.75) is 19.5 Å². The van der Waals surface area contributed by atoms with Crippen molar-refractivity contribution in [3.05, 3.63) is 59.4 Å². The number of carbonyl (C=O) groups is 1. The average Bonchev–Trinajstić information content (AvgIpc) is 3.12. The van der Waals surface area contributed by atoms with E-state index < -0.39 is 0 Å². The van der Waals surface area contributed by atoms with Gasteiger partial charge in [0.25, 0.3) is 0 Å². The highest BCUT2D eigenvalue weighted by atomic mass is 16.2. The predicted molar refractivity (Wildman–Crippen MR) is 95.4 cm³/mol. The summed E-state index contributed by atoms with van der Waals surface area (Å²) in [5.41, 5.74) is 4.16. The monoisotopic (exact) mass is 336 g/mol. The predicted octanol–water partition coefficient (Wildman–Crippen LogP) is 2.35. The van der Waals surface area contributed by atoms with Gasteiger partial charge in [-0.1, -0.05) is 24.3 Å². The number of fused-ring (bicyclic) bond motifs is 2. The molecule has 0 fully saturated rings. The Morgan fingerprint density at radius 3 is 3.04 bits per heavy atom. The lowest BCUT2D eigenvalue weighted by Crippen LogP contribution is -2.36. The van der Waals surface area contributed by atoms with Crippen molar-refractivity contribution >= 4 is 17.5 Å². The van der Waals surface area contributed by atoms with Gasteiger partial charge >= 0.3 is 6.03 Å². The largest absolute Gasteiger partial charge is 0.336 e. The van der Waals surface area contributed by atoms with Crippen molar-refractivity contribution < 1.29 is 4.79 Å². The number of aromatic nitrogens is 3. The highest BCUT2D eigenvalue weighted by Gasteiger charge is 2.27. The fourth-order valence-electron chi connectivity index (χ4n) is 3.34. The highest BCUT2D eigenvalue weighted by molar-refractivity contribution is 5.88. The quantitative estimate of drug-likeness (QED) is 0.770. The van der Waals surface area contributed by atoms with E-state index in [-0.39, 0.29) is 12.1 Å². The van der Waals surface area contributed by atoms with Gasteiger partial charge in [0.15, 0.2) is 5.65 Å². The molecule has 7 heteroatoms. The zero-order valence-corrected chi connectivity index (χ0v) is 14.2. The van der Waals surface area contributed by atoms with E-state index >= 15 is 0 Å². The summed E-state index contributed by atoms with van der Waals surface area (Å²) in [7, 11) is 2.07. The molecule has 0 saturated heterocycles. The number of urea groups is 1. The summed E-state index contributed by atoms with van der Waals surface area (Å²) in [5.74, 6) is 0.593. The van der Waals surface area contributed by atoms with Crippen molar-refractivity contribution in [1.82, 2.24) is 24.8 Å². The van der Waals surface area contributed by atoms with Crippen molar-refractivity contribution in [3.8, 4) is 0 Å². The van der Waals surface area contributed by atoms with Crippen LogP contribution in [0.15, 0.2) is 42.6 Å². The molecule has 2 aromatic heterocycles. The maximum absolute atomic E-state index is 12.3. The minimum absolute atomic E-state index is 0.186. The molecule has 4 rings (SSSR count). The number of hydrogen-bond donors (Lipinski definition) is 2. The molecule has 0 bridgehead atoms. The van der Waals surface area contributed by atoms with Crippen LogP contribution in [0, 0.1) is 6.92 Å². The Labute approximate surface area is 145 Å². The van der Waals surface area contributed by atoms with Gasteiger partial charge in [0.05, 0.1) is 11.7 Å². The van der Waals surface area contributed by atoms with Crippen LogP contribution in [0.25, 0.3) is 5.65 Å². The summed E-state index contributed by atoms with van der Waals surface area (Å²) in [6.07, 6.45) is 1.66. The molecule has 1 aliphatic heterocycles. The van der Waals surface area contributed by atoms with E-state index in [1.165, 1.54) is 11.1 Å². The second-order valence-electron chi connectivity index (χ2n) is 6.35. The lowest BCUT2D eigenvalue weighted by Gasteiger charge is -2.21. The molecule has 0 saturated carbocycles. The Kier molecular flexibility index (Phi) is 3.85. The van der Waals surface area contributed by atoms with Crippen LogP contribution in [0.1, 0.15) is 22.9 Å². The Bertz CT molecular complexity index is 934. The number of carbonyl (C=O) groups excluding carboxylic acids is 1. The summed E-state index contributed by atoms with van der Waals surface area (Å²) in [4.78, 5) is 18.8. The summed E-state index contributed by atoms with van der Waals surface area (Å²) in [6, 6.07) is 11.9. The standard InChI is InChI=1S/C18H20N6O/c1-12-9-17-19-8-7-16(24(17)22-12)21-18(25)20-10-15-14-6-4-3-5-13(14)11-23(15)2/h3-9,15H,10-11H2,1-2H3,(H2,20,21,25). The minimum atomic E-state index is -0.251. The van der Waals surface area contributed by atoms with Gasteiger partial charge < -0.3 is 5.32 Å². The van der Waals surface area contributed by atoms with E-state index in [0.29, 0.717) is 18.0 Å². The second kappa shape index (κ2) is 6.18. The third-order valence-corrected chi connectivity index (χ3v) is 4.54. The first-order valence-electron chi connectivity index (χ1n) is 8.26. The summed E-state index contributed by atoms with van der Waals surface area (Å²) in [5, 5.41) is 10.2. The minimum Gasteiger partial charge on any atom is -0.336 e. The molecule has 3 heterocycles. The van der Waals surface area contributed by atoms with Crippen molar-refractivity contribution in [2.75, 3.05) is 18.9 Å². The molecule has 2 amide bonds. The third-order valence-electron chi connectivity index (χ3n) is 4.54. The third kappa shape index (κ3) is 2.94. The van der Waals surface area contributed by atoms with E-state index in [4.69, 9.17) is 0 Å². The van der Waals surface area contributed by atoms with Gasteiger partial charge in [-0.15, -0.1) is 0 Å². The molecule has 1 aliphatic rings. The molecule has 0 aliphatic carbocycles. The molecule has 128 valence electrons. The lowest BCUT2D eigenvalue weighted by atomic mass is 10.1. The molecule has 0 radical (unpaired) electrons. The van der Waals surface area contributed by atoms with Crippen LogP contribution >= 0.6 is 0 Å². The normalized spacial score (nSPS) is 16.8. The summed E-state index contributed by atoms with van der Waals surface area (Å²) in [6.45, 7) is 3.35. The zero-order chi connectivity index (χ0) is 17.4. The molecular weight excluding hydrogens is 316 g/mol. The summed E-state index contributed by atoms with van der Waals surface area (Å²) >= 11 is 0. The zero-order valence-electron chi connectivity index (χ0n) is 14.2. The SMILES string of the molecule is Cc1cc2nccc(NC(=O)NCC3c4ccccc4CN3C)n2n1. The number of amides is 2. The van der Waals surface area contributed by atoms with Crippen LogP contribution in [0.4, 0.5) is 10.6 Å². The molecule has 1 aromatic carbocycles. The van der Waals surface area contributed by atoms with E-state index in [1.54, 1.807) is 16.8 Å². The summed E-state index contributed by atoms with van der Waals surface area (Å²) < 4.78 is 1.63. The highest BCUT2D eigenvalue weighted by Crippen LogP contribution is 2.31. The molecule has 1 atom stereocenters. The van der Waals surface area contributed by atoms with Crippen molar-refractivity contribution in [1.29, 1.82) is 0 Å². The Morgan fingerprint density at radius 1 is 1.32 bits per heavy atom. The second-order valence-corrected chi connectivity index (χ2v) is 6.35. The Balaban J connectivity index is 1.44. The number of nitrogens with one attached hydrogen (secondary N) is 2. The molecule has 3 aromatic rings. The number of anilines is 1. The van der Waals surface area contributed by atoms with Crippen LogP contribution in [-0.2, 0) is 6.54 Å². The first kappa shape index (κ1) is 15.6. The number of likely N-dealkylation sites (N-methyl/N-ethyl adjacent to an activating group) is 1. The molecule has 1 unspecified atom stereocenters. The number of nitrogens with zero attached hydrogens (tertiary/aromatic N) is 4. The van der Waals surface area contributed by atoms with Gasteiger partial charge in [0, 0.05) is 25.4 Å². The smallest absolute Gasteiger partial charge is 0.320 e. The first-order chi connectivity index (χ1) is 12.1. The number of benzene rings is 1. The van der Waals surface area contributed by atoms with E-state index in [0.717, 1.165) is 12.2 Å². The van der Waals surface area contributed by atoms with Gasteiger partial charge in [0.2, 0.25) is 0 Å². The van der Waals surface area contributed by atoms with Gasteiger partial charge in [-0.2, -0.15) is 9.61 Å². The fourth-order valence-corrected chi connectivity index (χ4v) is 3.34. The van der Waals surface area contributed by atoms with E-state index in [1.807, 2.05) is 19.1 Å². The van der Waals surface area contributed by atoms with Gasteiger partial charge in [-0.25, -0.2) is 9.78 Å². The number of hydrogen-bond acceptors (Lipinski definition) is 4. The first-order valence-corrected chi connectivity index (χ1v) is 8.26. The average molecular weight is 336 g/mol. The van der Waals surface area contributed by atoms with Gasteiger partial charge in [-0.05, 0) is 31.2 Å². The number of rotatable bonds is 3. The van der Waals surface area contributed by atoms with Crippen LogP contribution in [0.3, 0.4) is 0 Å². The Hall–Kier alpha value is -2.93. The Morgan fingerprint density at radius 2 is 2.16 bits per heavy atom. The van der Waals surface area contributed by atoms with Crippen LogP contribution in [-0.4, -0.2) is 39.1 Å². The molecular formula is C18H20N6O.